The van der Waals surface area contributed by atoms with Gasteiger partial charge in [0.05, 0.1) is 10.6 Å². The number of amides is 1. The molecule has 2 aromatic heterocycles. The van der Waals surface area contributed by atoms with E-state index in [1.165, 1.54) is 0 Å². The van der Waals surface area contributed by atoms with Gasteiger partial charge in [0.15, 0.2) is 0 Å². The van der Waals surface area contributed by atoms with E-state index in [0.717, 1.165) is 46.9 Å². The van der Waals surface area contributed by atoms with Crippen molar-refractivity contribution in [3.8, 4) is 0 Å². The Bertz CT molecular complexity index is 771. The third kappa shape index (κ3) is 2.70. The molecule has 0 aliphatic carbocycles. The van der Waals surface area contributed by atoms with Gasteiger partial charge in [-0.05, 0) is 18.6 Å². The summed E-state index contributed by atoms with van der Waals surface area (Å²) >= 11 is 1.63. The molecular formula is C16H19N5OS. The second kappa shape index (κ2) is 5.90. The van der Waals surface area contributed by atoms with Crippen LogP contribution in [0.2, 0.25) is 0 Å². The van der Waals surface area contributed by atoms with E-state index in [0.29, 0.717) is 6.54 Å². The Morgan fingerprint density at radius 1 is 1.39 bits per heavy atom. The van der Waals surface area contributed by atoms with E-state index in [2.05, 4.69) is 14.9 Å². The summed E-state index contributed by atoms with van der Waals surface area (Å²) in [5.41, 5.74) is 7.87. The number of carbonyl (C=O) groups excluding carboxylic acids is 1. The van der Waals surface area contributed by atoms with Crippen LogP contribution in [0.4, 0.5) is 5.69 Å². The fourth-order valence-corrected chi connectivity index (χ4v) is 4.09. The number of hydrogen-bond donors (Lipinski definition) is 2. The van der Waals surface area contributed by atoms with Gasteiger partial charge in [-0.3, -0.25) is 4.79 Å². The number of fused-ring (bicyclic) bond motifs is 1. The first-order chi connectivity index (χ1) is 11.2. The zero-order chi connectivity index (χ0) is 15.8. The Hall–Kier alpha value is -1.99. The van der Waals surface area contributed by atoms with Crippen molar-refractivity contribution in [2.45, 2.75) is 12.5 Å². The van der Waals surface area contributed by atoms with E-state index < -0.39 is 0 Å². The largest absolute Gasteiger partial charge is 0.346 e. The Kier molecular flexibility index (Phi) is 3.74. The molecule has 1 amide bonds. The molecule has 6 nitrogen and oxygen atoms in total. The molecule has 1 saturated heterocycles. The Labute approximate surface area is 138 Å². The molecule has 4 heterocycles. The molecule has 2 aliphatic heterocycles. The number of aromatic nitrogens is 2. The highest BCUT2D eigenvalue weighted by Crippen LogP contribution is 2.31. The molecule has 0 unspecified atom stereocenters. The standard InChI is InChI=1S/C16H19N5OS/c17-11-3-6-21(9-11)16(22)14-10-20(7-8-23-14)13-2-5-19-15-12(13)1-4-18-15/h1-2,4-5,10-11H,3,6-9,17H2,(H,18,19)/t11-/m0/s1. The molecule has 120 valence electrons. The van der Waals surface area contributed by atoms with Gasteiger partial charge in [0.1, 0.15) is 5.65 Å². The minimum absolute atomic E-state index is 0.104. The molecule has 1 atom stereocenters. The Morgan fingerprint density at radius 3 is 3.13 bits per heavy atom. The fraction of sp³-hybridized carbons (Fsp3) is 0.375. The summed E-state index contributed by atoms with van der Waals surface area (Å²) in [5.74, 6) is 0.998. The van der Waals surface area contributed by atoms with Crippen molar-refractivity contribution >= 4 is 34.4 Å². The molecule has 0 radical (unpaired) electrons. The number of nitrogens with zero attached hydrogens (tertiary/aromatic N) is 3. The molecule has 0 saturated carbocycles. The van der Waals surface area contributed by atoms with Crippen molar-refractivity contribution in [1.82, 2.24) is 14.9 Å². The van der Waals surface area contributed by atoms with Crippen LogP contribution in [0, 0.1) is 0 Å². The van der Waals surface area contributed by atoms with E-state index in [9.17, 15) is 4.79 Å². The van der Waals surface area contributed by atoms with Gasteiger partial charge in [-0.1, -0.05) is 0 Å². The normalized spacial score (nSPS) is 21.8. The lowest BCUT2D eigenvalue weighted by atomic mass is 10.2. The predicted molar refractivity (Wildman–Crippen MR) is 93.2 cm³/mol. The number of carbonyl (C=O) groups is 1. The van der Waals surface area contributed by atoms with Crippen molar-refractivity contribution < 1.29 is 4.79 Å². The highest BCUT2D eigenvalue weighted by molar-refractivity contribution is 8.04. The van der Waals surface area contributed by atoms with Crippen molar-refractivity contribution in [2.75, 3.05) is 30.3 Å². The molecule has 0 spiro atoms. The number of H-pyrrole nitrogens is 1. The lowest BCUT2D eigenvalue weighted by Crippen LogP contribution is -2.34. The summed E-state index contributed by atoms with van der Waals surface area (Å²) in [6.07, 6.45) is 6.55. The summed E-state index contributed by atoms with van der Waals surface area (Å²) in [6.45, 7) is 2.30. The highest BCUT2D eigenvalue weighted by atomic mass is 32.2. The van der Waals surface area contributed by atoms with Gasteiger partial charge < -0.3 is 20.5 Å². The molecule has 0 bridgehead atoms. The van der Waals surface area contributed by atoms with Gasteiger partial charge in [0.25, 0.3) is 5.91 Å². The van der Waals surface area contributed by atoms with Crippen LogP contribution in [0.25, 0.3) is 11.0 Å². The van der Waals surface area contributed by atoms with Gasteiger partial charge in [-0.25, -0.2) is 4.98 Å². The van der Waals surface area contributed by atoms with Crippen molar-refractivity contribution in [3.63, 3.8) is 0 Å². The summed E-state index contributed by atoms with van der Waals surface area (Å²) in [5, 5.41) is 1.07. The van der Waals surface area contributed by atoms with E-state index in [1.54, 1.807) is 18.0 Å². The number of anilines is 1. The van der Waals surface area contributed by atoms with Gasteiger partial charge in [0.2, 0.25) is 0 Å². The van der Waals surface area contributed by atoms with Crippen molar-refractivity contribution in [3.05, 3.63) is 35.6 Å². The van der Waals surface area contributed by atoms with Crippen LogP contribution in [0.1, 0.15) is 6.42 Å². The van der Waals surface area contributed by atoms with Crippen molar-refractivity contribution in [1.29, 1.82) is 0 Å². The summed E-state index contributed by atoms with van der Waals surface area (Å²) in [7, 11) is 0. The number of rotatable bonds is 2. The molecule has 0 aromatic carbocycles. The third-order valence-electron chi connectivity index (χ3n) is 4.33. The number of nitrogens with two attached hydrogens (primary N) is 1. The molecule has 3 N–H and O–H groups in total. The zero-order valence-electron chi connectivity index (χ0n) is 12.7. The van der Waals surface area contributed by atoms with E-state index in [1.807, 2.05) is 29.4 Å². The topological polar surface area (TPSA) is 78.2 Å². The zero-order valence-corrected chi connectivity index (χ0v) is 13.6. The quantitative estimate of drug-likeness (QED) is 0.873. The third-order valence-corrected chi connectivity index (χ3v) is 5.31. The first-order valence-electron chi connectivity index (χ1n) is 7.80. The van der Waals surface area contributed by atoms with Crippen LogP contribution in [0.15, 0.2) is 35.6 Å². The SMILES string of the molecule is N[C@H]1CCN(C(=O)C2=CN(c3ccnc4[nH]ccc34)CCS2)C1. The van der Waals surface area contributed by atoms with E-state index in [-0.39, 0.29) is 11.9 Å². The van der Waals surface area contributed by atoms with E-state index >= 15 is 0 Å². The highest BCUT2D eigenvalue weighted by Gasteiger charge is 2.28. The maximum absolute atomic E-state index is 12.7. The van der Waals surface area contributed by atoms with Gasteiger partial charge >= 0.3 is 0 Å². The van der Waals surface area contributed by atoms with Gasteiger partial charge in [-0.15, -0.1) is 11.8 Å². The maximum Gasteiger partial charge on any atom is 0.261 e. The van der Waals surface area contributed by atoms with Crippen LogP contribution in [-0.4, -0.2) is 52.2 Å². The molecule has 23 heavy (non-hydrogen) atoms. The smallest absolute Gasteiger partial charge is 0.261 e. The predicted octanol–water partition coefficient (Wildman–Crippen LogP) is 1.52. The number of pyridine rings is 1. The van der Waals surface area contributed by atoms with Crippen LogP contribution < -0.4 is 10.6 Å². The summed E-state index contributed by atoms with van der Waals surface area (Å²) < 4.78 is 0. The first kappa shape index (κ1) is 14.6. The van der Waals surface area contributed by atoms with E-state index in [4.69, 9.17) is 5.73 Å². The molecule has 1 fully saturated rings. The lowest BCUT2D eigenvalue weighted by Gasteiger charge is -2.28. The lowest BCUT2D eigenvalue weighted by molar-refractivity contribution is -0.125. The fourth-order valence-electron chi connectivity index (χ4n) is 3.13. The van der Waals surface area contributed by atoms with Gasteiger partial charge in [-0.2, -0.15) is 0 Å². The van der Waals surface area contributed by atoms with Crippen LogP contribution in [0.5, 0.6) is 0 Å². The molecule has 4 rings (SSSR count). The van der Waals surface area contributed by atoms with Crippen molar-refractivity contribution in [2.24, 2.45) is 5.73 Å². The second-order valence-electron chi connectivity index (χ2n) is 5.91. The minimum Gasteiger partial charge on any atom is -0.346 e. The average molecular weight is 329 g/mol. The number of aromatic amines is 1. The Balaban J connectivity index is 1.63. The molecular weight excluding hydrogens is 310 g/mol. The van der Waals surface area contributed by atoms with Gasteiger partial charge in [0, 0.05) is 55.4 Å². The minimum atomic E-state index is 0.104. The maximum atomic E-state index is 12.7. The van der Waals surface area contributed by atoms with Crippen LogP contribution >= 0.6 is 11.8 Å². The average Bonchev–Trinajstić information content (AvgIpc) is 3.22. The summed E-state index contributed by atoms with van der Waals surface area (Å²) in [4.78, 5) is 24.9. The van der Waals surface area contributed by atoms with Crippen LogP contribution in [0.3, 0.4) is 0 Å². The number of thioether (sulfide) groups is 1. The number of likely N-dealkylation sites (tertiary alicyclic amines) is 1. The van der Waals surface area contributed by atoms with Crippen LogP contribution in [-0.2, 0) is 4.79 Å². The molecule has 2 aliphatic rings. The molecule has 7 heteroatoms. The monoisotopic (exact) mass is 329 g/mol. The molecule has 2 aromatic rings. The Morgan fingerprint density at radius 2 is 2.30 bits per heavy atom. The number of nitrogens with one attached hydrogen (secondary N) is 1. The second-order valence-corrected chi connectivity index (χ2v) is 7.04. The first-order valence-corrected chi connectivity index (χ1v) is 8.79. The number of hydrogen-bond acceptors (Lipinski definition) is 5. The summed E-state index contributed by atoms with van der Waals surface area (Å²) in [6, 6.07) is 4.13.